The summed E-state index contributed by atoms with van der Waals surface area (Å²) in [4.78, 5) is 0. The van der Waals surface area contributed by atoms with E-state index in [0.717, 1.165) is 28.9 Å². The van der Waals surface area contributed by atoms with Gasteiger partial charge in [0.25, 0.3) is 0 Å². The molecule has 1 aromatic heterocycles. The van der Waals surface area contributed by atoms with Crippen molar-refractivity contribution in [3.63, 3.8) is 0 Å². The van der Waals surface area contributed by atoms with Gasteiger partial charge in [-0.2, -0.15) is 16.9 Å². The Balaban J connectivity index is 1.91. The molecule has 1 aliphatic heterocycles. The normalized spacial score (nSPS) is 19.1. The van der Waals surface area contributed by atoms with Crippen molar-refractivity contribution < 1.29 is 0 Å². The first-order chi connectivity index (χ1) is 8.58. The molecule has 3 nitrogen and oxygen atoms in total. The Morgan fingerprint density at radius 3 is 2.72 bits per heavy atom. The Bertz CT molecular complexity index is 399. The van der Waals surface area contributed by atoms with Crippen molar-refractivity contribution in [2.24, 2.45) is 18.7 Å². The predicted octanol–water partition coefficient (Wildman–Crippen LogP) is 2.89. The molecule has 0 saturated carbocycles. The second-order valence-electron chi connectivity index (χ2n) is 5.23. The summed E-state index contributed by atoms with van der Waals surface area (Å²) < 4.78 is 3.08. The van der Waals surface area contributed by atoms with Crippen molar-refractivity contribution >= 4 is 27.7 Å². The van der Waals surface area contributed by atoms with E-state index in [1.165, 1.54) is 30.0 Å². The molecule has 2 rings (SSSR count). The minimum Gasteiger partial charge on any atom is -0.327 e. The highest BCUT2D eigenvalue weighted by Crippen LogP contribution is 2.28. The molecule has 0 bridgehead atoms. The molecule has 5 heteroatoms. The van der Waals surface area contributed by atoms with Crippen molar-refractivity contribution in [1.29, 1.82) is 0 Å². The standard InChI is InChI=1S/C13H22BrN3S/c1-9-13(14)12(17(2)16-9)8-11(15)7-10-3-5-18-6-4-10/h10-11H,3-8,15H2,1-2H3. The third-order valence-corrected chi connectivity index (χ3v) is 5.77. The van der Waals surface area contributed by atoms with E-state index < -0.39 is 0 Å². The lowest BCUT2D eigenvalue weighted by Gasteiger charge is -2.24. The van der Waals surface area contributed by atoms with E-state index in [1.807, 2.05) is 18.7 Å². The fraction of sp³-hybridized carbons (Fsp3) is 0.769. The molecular formula is C13H22BrN3S. The highest BCUT2D eigenvalue weighted by molar-refractivity contribution is 9.10. The lowest BCUT2D eigenvalue weighted by molar-refractivity contribution is 0.402. The summed E-state index contributed by atoms with van der Waals surface area (Å²) >= 11 is 5.69. The van der Waals surface area contributed by atoms with Crippen LogP contribution in [0.1, 0.15) is 30.7 Å². The SMILES string of the molecule is Cc1nn(C)c(CC(N)CC2CCSCC2)c1Br. The van der Waals surface area contributed by atoms with E-state index in [2.05, 4.69) is 32.8 Å². The number of nitrogens with two attached hydrogens (primary N) is 1. The summed E-state index contributed by atoms with van der Waals surface area (Å²) in [5.74, 6) is 3.45. The van der Waals surface area contributed by atoms with Gasteiger partial charge in [0.2, 0.25) is 0 Å². The summed E-state index contributed by atoms with van der Waals surface area (Å²) in [5.41, 5.74) is 8.59. The van der Waals surface area contributed by atoms with Crippen LogP contribution < -0.4 is 5.73 Å². The first-order valence-corrected chi connectivity index (χ1v) is 8.54. The largest absolute Gasteiger partial charge is 0.327 e. The molecule has 2 N–H and O–H groups in total. The maximum absolute atomic E-state index is 6.31. The van der Waals surface area contributed by atoms with Gasteiger partial charge in [-0.05, 0) is 59.5 Å². The number of hydrogen-bond acceptors (Lipinski definition) is 3. The molecule has 1 aromatic rings. The topological polar surface area (TPSA) is 43.8 Å². The zero-order valence-corrected chi connectivity index (χ0v) is 13.6. The number of hydrogen-bond donors (Lipinski definition) is 1. The van der Waals surface area contributed by atoms with E-state index in [-0.39, 0.29) is 6.04 Å². The maximum atomic E-state index is 6.31. The van der Waals surface area contributed by atoms with Crippen LogP contribution in [-0.2, 0) is 13.5 Å². The van der Waals surface area contributed by atoms with Crippen molar-refractivity contribution in [3.05, 3.63) is 15.9 Å². The molecule has 0 amide bonds. The van der Waals surface area contributed by atoms with Crippen LogP contribution in [0.15, 0.2) is 4.47 Å². The number of thioether (sulfide) groups is 1. The number of aromatic nitrogens is 2. The molecule has 102 valence electrons. The number of halogens is 1. The van der Waals surface area contributed by atoms with Crippen LogP contribution in [0.2, 0.25) is 0 Å². The van der Waals surface area contributed by atoms with E-state index in [1.54, 1.807) is 0 Å². The lowest BCUT2D eigenvalue weighted by atomic mass is 9.92. The van der Waals surface area contributed by atoms with Crippen molar-refractivity contribution in [2.45, 2.75) is 38.6 Å². The van der Waals surface area contributed by atoms with E-state index in [9.17, 15) is 0 Å². The molecule has 1 atom stereocenters. The highest BCUT2D eigenvalue weighted by Gasteiger charge is 2.19. The van der Waals surface area contributed by atoms with Crippen molar-refractivity contribution in [1.82, 2.24) is 9.78 Å². The molecule has 1 unspecified atom stereocenters. The van der Waals surface area contributed by atoms with Crippen LogP contribution in [0, 0.1) is 12.8 Å². The summed E-state index contributed by atoms with van der Waals surface area (Å²) in [5, 5.41) is 4.42. The van der Waals surface area contributed by atoms with Crippen LogP contribution in [0.5, 0.6) is 0 Å². The molecular weight excluding hydrogens is 310 g/mol. The molecule has 18 heavy (non-hydrogen) atoms. The van der Waals surface area contributed by atoms with Gasteiger partial charge in [0, 0.05) is 19.5 Å². The van der Waals surface area contributed by atoms with Gasteiger partial charge in [0.15, 0.2) is 0 Å². The van der Waals surface area contributed by atoms with E-state index >= 15 is 0 Å². The highest BCUT2D eigenvalue weighted by atomic mass is 79.9. The molecule has 0 aliphatic carbocycles. The molecule has 1 aliphatic rings. The van der Waals surface area contributed by atoms with Crippen LogP contribution in [-0.4, -0.2) is 27.3 Å². The Hall–Kier alpha value is -0.000000000000000111. The number of nitrogens with zero attached hydrogens (tertiary/aromatic N) is 2. The number of aryl methyl sites for hydroxylation is 2. The third-order valence-electron chi connectivity index (χ3n) is 3.69. The summed E-state index contributed by atoms with van der Waals surface area (Å²) in [6, 6.07) is 0.254. The maximum Gasteiger partial charge on any atom is 0.0738 e. The van der Waals surface area contributed by atoms with Gasteiger partial charge in [-0.3, -0.25) is 4.68 Å². The van der Waals surface area contributed by atoms with Crippen LogP contribution in [0.3, 0.4) is 0 Å². The Labute approximate surface area is 122 Å². The zero-order valence-electron chi connectivity index (χ0n) is 11.2. The molecule has 0 spiro atoms. The molecule has 0 aromatic carbocycles. The minimum atomic E-state index is 0.254. The van der Waals surface area contributed by atoms with Crippen LogP contribution in [0.4, 0.5) is 0 Å². The van der Waals surface area contributed by atoms with Gasteiger partial charge >= 0.3 is 0 Å². The van der Waals surface area contributed by atoms with Crippen LogP contribution >= 0.6 is 27.7 Å². The third kappa shape index (κ3) is 3.52. The van der Waals surface area contributed by atoms with Gasteiger partial charge in [0.05, 0.1) is 15.9 Å². The summed E-state index contributed by atoms with van der Waals surface area (Å²) in [7, 11) is 2.00. The Morgan fingerprint density at radius 2 is 2.17 bits per heavy atom. The summed E-state index contributed by atoms with van der Waals surface area (Å²) in [6.07, 6.45) is 4.74. The molecule has 2 heterocycles. The van der Waals surface area contributed by atoms with Gasteiger partial charge < -0.3 is 5.73 Å². The summed E-state index contributed by atoms with van der Waals surface area (Å²) in [6.45, 7) is 2.03. The second kappa shape index (κ2) is 6.44. The van der Waals surface area contributed by atoms with Gasteiger partial charge in [-0.25, -0.2) is 0 Å². The second-order valence-corrected chi connectivity index (χ2v) is 7.24. The van der Waals surface area contributed by atoms with E-state index in [0.29, 0.717) is 0 Å². The van der Waals surface area contributed by atoms with Crippen molar-refractivity contribution in [3.8, 4) is 0 Å². The Kier molecular flexibility index (Phi) is 5.15. The quantitative estimate of drug-likeness (QED) is 0.922. The first-order valence-electron chi connectivity index (χ1n) is 6.59. The average molecular weight is 332 g/mol. The van der Waals surface area contributed by atoms with Crippen LogP contribution in [0.25, 0.3) is 0 Å². The molecule has 1 saturated heterocycles. The number of rotatable bonds is 4. The lowest BCUT2D eigenvalue weighted by Crippen LogP contribution is -2.28. The predicted molar refractivity (Wildman–Crippen MR) is 82.0 cm³/mol. The fourth-order valence-electron chi connectivity index (χ4n) is 2.64. The molecule has 1 fully saturated rings. The first kappa shape index (κ1) is 14.4. The van der Waals surface area contributed by atoms with Gasteiger partial charge in [-0.15, -0.1) is 0 Å². The molecule has 0 radical (unpaired) electrons. The smallest absolute Gasteiger partial charge is 0.0738 e. The fourth-order valence-corrected chi connectivity index (χ4v) is 4.35. The van der Waals surface area contributed by atoms with E-state index in [4.69, 9.17) is 5.73 Å². The monoisotopic (exact) mass is 331 g/mol. The van der Waals surface area contributed by atoms with Gasteiger partial charge in [0.1, 0.15) is 0 Å². The van der Waals surface area contributed by atoms with Crippen molar-refractivity contribution in [2.75, 3.05) is 11.5 Å². The minimum absolute atomic E-state index is 0.254. The zero-order chi connectivity index (χ0) is 13.1. The Morgan fingerprint density at radius 1 is 1.50 bits per heavy atom. The van der Waals surface area contributed by atoms with Gasteiger partial charge in [-0.1, -0.05) is 0 Å². The average Bonchev–Trinajstić information content (AvgIpc) is 2.57.